The van der Waals surface area contributed by atoms with Gasteiger partial charge in [-0.05, 0) is 37.0 Å². The Labute approximate surface area is 128 Å². The third kappa shape index (κ3) is 2.70. The first-order valence-corrected chi connectivity index (χ1v) is 10.5. The normalized spacial score (nSPS) is 36.3. The maximum Gasteiger partial charge on any atom is 0.192 e. The molecule has 0 aromatic heterocycles. The SMILES string of the molecule is CC1=C[C@H](O)[C@@H]2C[C@H](C#N)[C@@]1(CO[Si](C)(C)C(C)(C)C)O2. The number of aliphatic hydroxyl groups is 1. The van der Waals surface area contributed by atoms with Crippen molar-refractivity contribution in [1.29, 1.82) is 5.26 Å². The van der Waals surface area contributed by atoms with Gasteiger partial charge in [0.05, 0.1) is 30.8 Å². The van der Waals surface area contributed by atoms with E-state index in [4.69, 9.17) is 9.16 Å². The molecule has 0 unspecified atom stereocenters. The van der Waals surface area contributed by atoms with Crippen LogP contribution in [0.15, 0.2) is 11.6 Å². The molecule has 0 saturated carbocycles. The molecule has 0 spiro atoms. The number of nitriles is 1. The van der Waals surface area contributed by atoms with Gasteiger partial charge in [-0.15, -0.1) is 0 Å². The highest BCUT2D eigenvalue weighted by molar-refractivity contribution is 6.74. The van der Waals surface area contributed by atoms with E-state index in [0.717, 1.165) is 5.57 Å². The lowest BCUT2D eigenvalue weighted by Gasteiger charge is -2.42. The summed E-state index contributed by atoms with van der Waals surface area (Å²) < 4.78 is 12.4. The van der Waals surface area contributed by atoms with Gasteiger partial charge in [-0.3, -0.25) is 0 Å². The van der Waals surface area contributed by atoms with Crippen molar-refractivity contribution in [2.45, 2.75) is 70.1 Å². The van der Waals surface area contributed by atoms with Gasteiger partial charge in [0.1, 0.15) is 5.60 Å². The minimum atomic E-state index is -1.90. The zero-order chi connectivity index (χ0) is 16.1. The minimum absolute atomic E-state index is 0.121. The van der Waals surface area contributed by atoms with E-state index in [1.807, 2.05) is 13.0 Å². The Morgan fingerprint density at radius 1 is 1.52 bits per heavy atom. The molecule has 2 heterocycles. The van der Waals surface area contributed by atoms with Crippen molar-refractivity contribution in [1.82, 2.24) is 0 Å². The zero-order valence-electron chi connectivity index (χ0n) is 13.9. The summed E-state index contributed by atoms with van der Waals surface area (Å²) in [4.78, 5) is 0. The Morgan fingerprint density at radius 3 is 2.67 bits per heavy atom. The number of ether oxygens (including phenoxy) is 1. The minimum Gasteiger partial charge on any atom is -0.413 e. The summed E-state index contributed by atoms with van der Waals surface area (Å²) in [7, 11) is -1.90. The topological polar surface area (TPSA) is 62.5 Å². The highest BCUT2D eigenvalue weighted by Crippen LogP contribution is 2.47. The van der Waals surface area contributed by atoms with Crippen LogP contribution in [-0.4, -0.2) is 37.8 Å². The van der Waals surface area contributed by atoms with Crippen molar-refractivity contribution < 1.29 is 14.3 Å². The molecule has 2 bridgehead atoms. The predicted molar refractivity (Wildman–Crippen MR) is 84.2 cm³/mol. The molecule has 5 heteroatoms. The molecule has 2 aliphatic rings. The van der Waals surface area contributed by atoms with E-state index < -0.39 is 20.0 Å². The molecule has 4 atom stereocenters. The molecule has 0 aliphatic carbocycles. The van der Waals surface area contributed by atoms with Gasteiger partial charge >= 0.3 is 0 Å². The van der Waals surface area contributed by atoms with Crippen LogP contribution in [0.5, 0.6) is 0 Å². The van der Waals surface area contributed by atoms with Gasteiger partial charge in [-0.1, -0.05) is 26.8 Å². The number of nitrogens with zero attached hydrogens (tertiary/aromatic N) is 1. The van der Waals surface area contributed by atoms with Crippen molar-refractivity contribution in [3.8, 4) is 6.07 Å². The molecule has 4 nitrogen and oxygen atoms in total. The van der Waals surface area contributed by atoms with E-state index in [1.54, 1.807) is 0 Å². The lowest BCUT2D eigenvalue weighted by Crippen LogP contribution is -2.50. The fraction of sp³-hybridized carbons (Fsp3) is 0.812. The van der Waals surface area contributed by atoms with E-state index >= 15 is 0 Å². The number of fused-ring (bicyclic) bond motifs is 2. The number of rotatable bonds is 3. The third-order valence-corrected chi connectivity index (χ3v) is 9.95. The zero-order valence-corrected chi connectivity index (χ0v) is 14.9. The molecular formula is C16H27NO3Si. The van der Waals surface area contributed by atoms with E-state index in [1.165, 1.54) is 0 Å². The molecular weight excluding hydrogens is 282 g/mol. The van der Waals surface area contributed by atoms with Crippen molar-refractivity contribution in [2.75, 3.05) is 6.61 Å². The molecule has 2 rings (SSSR count). The van der Waals surface area contributed by atoms with Gasteiger partial charge in [-0.2, -0.15) is 5.26 Å². The van der Waals surface area contributed by atoms with Crippen molar-refractivity contribution >= 4 is 8.32 Å². The lowest BCUT2D eigenvalue weighted by atomic mass is 9.84. The second-order valence-corrected chi connectivity index (χ2v) is 12.7. The van der Waals surface area contributed by atoms with E-state index in [9.17, 15) is 10.4 Å². The second-order valence-electron chi connectivity index (χ2n) is 7.85. The highest BCUT2D eigenvalue weighted by atomic mass is 28.4. The first-order chi connectivity index (χ1) is 9.53. The Morgan fingerprint density at radius 2 is 2.14 bits per heavy atom. The molecule has 2 aliphatic heterocycles. The van der Waals surface area contributed by atoms with Crippen LogP contribution in [0.25, 0.3) is 0 Å². The van der Waals surface area contributed by atoms with Gasteiger partial charge in [0.15, 0.2) is 8.32 Å². The molecule has 1 saturated heterocycles. The van der Waals surface area contributed by atoms with Crippen LogP contribution in [0, 0.1) is 17.2 Å². The summed E-state index contributed by atoms with van der Waals surface area (Å²) in [5.74, 6) is -0.249. The maximum atomic E-state index is 10.0. The Bertz CT molecular complexity index is 489. The van der Waals surface area contributed by atoms with Crippen molar-refractivity contribution in [3.05, 3.63) is 11.6 Å². The fourth-order valence-corrected chi connectivity index (χ4v) is 3.82. The van der Waals surface area contributed by atoms with Crippen LogP contribution in [0.4, 0.5) is 0 Å². The molecule has 1 N–H and O–H groups in total. The molecule has 1 fully saturated rings. The van der Waals surface area contributed by atoms with Gasteiger partial charge in [-0.25, -0.2) is 0 Å². The summed E-state index contributed by atoms with van der Waals surface area (Å²) in [6.45, 7) is 13.3. The van der Waals surface area contributed by atoms with Gasteiger partial charge < -0.3 is 14.3 Å². The molecule has 0 radical (unpaired) electrons. The van der Waals surface area contributed by atoms with Crippen LogP contribution in [-0.2, 0) is 9.16 Å². The van der Waals surface area contributed by atoms with Crippen LogP contribution < -0.4 is 0 Å². The fourth-order valence-electron chi connectivity index (χ4n) is 2.81. The molecule has 118 valence electrons. The molecule has 0 aromatic carbocycles. The average Bonchev–Trinajstić information content (AvgIpc) is 2.70. The first kappa shape index (κ1) is 16.7. The largest absolute Gasteiger partial charge is 0.413 e. The summed E-state index contributed by atoms with van der Waals surface area (Å²) in [5, 5.41) is 19.6. The van der Waals surface area contributed by atoms with Gasteiger partial charge in [0.2, 0.25) is 0 Å². The first-order valence-electron chi connectivity index (χ1n) is 7.62. The second kappa shape index (κ2) is 5.20. The Kier molecular flexibility index (Phi) is 4.13. The summed E-state index contributed by atoms with van der Waals surface area (Å²) >= 11 is 0. The molecule has 0 aromatic rings. The summed E-state index contributed by atoms with van der Waals surface area (Å²) in [6.07, 6.45) is 1.53. The van der Waals surface area contributed by atoms with Crippen LogP contribution in [0.1, 0.15) is 34.1 Å². The van der Waals surface area contributed by atoms with Gasteiger partial charge in [0, 0.05) is 0 Å². The molecule has 21 heavy (non-hydrogen) atoms. The Balaban J connectivity index is 2.24. The smallest absolute Gasteiger partial charge is 0.192 e. The third-order valence-electron chi connectivity index (χ3n) is 5.47. The quantitative estimate of drug-likeness (QED) is 0.643. The van der Waals surface area contributed by atoms with Crippen LogP contribution >= 0.6 is 0 Å². The van der Waals surface area contributed by atoms with Crippen LogP contribution in [0.2, 0.25) is 18.1 Å². The summed E-state index contributed by atoms with van der Waals surface area (Å²) in [5.41, 5.74) is 0.253. The standard InChI is InChI=1S/C16H27NO3Si/c1-11-7-13(18)14-8-12(9-17)16(11,20-14)10-19-21(5,6)15(2,3)4/h7,12-14,18H,8,10H2,1-6H3/t12-,13+,14+,16+/m1/s1. The Hall–Kier alpha value is -0.673. The maximum absolute atomic E-state index is 10.0. The average molecular weight is 309 g/mol. The van der Waals surface area contributed by atoms with Crippen molar-refractivity contribution in [3.63, 3.8) is 0 Å². The van der Waals surface area contributed by atoms with E-state index in [-0.39, 0.29) is 17.1 Å². The molecule has 0 amide bonds. The number of aliphatic hydroxyl groups excluding tert-OH is 1. The monoisotopic (exact) mass is 309 g/mol. The summed E-state index contributed by atoms with van der Waals surface area (Å²) in [6, 6.07) is 2.36. The number of hydrogen-bond donors (Lipinski definition) is 1. The van der Waals surface area contributed by atoms with Gasteiger partial charge in [0.25, 0.3) is 0 Å². The lowest BCUT2D eigenvalue weighted by molar-refractivity contribution is -0.0951. The van der Waals surface area contributed by atoms with E-state index in [0.29, 0.717) is 13.0 Å². The highest BCUT2D eigenvalue weighted by Gasteiger charge is 2.55. The predicted octanol–water partition coefficient (Wildman–Crippen LogP) is 3.00. The van der Waals surface area contributed by atoms with E-state index in [2.05, 4.69) is 39.9 Å². The number of hydrogen-bond acceptors (Lipinski definition) is 4. The van der Waals surface area contributed by atoms with Crippen molar-refractivity contribution in [2.24, 2.45) is 5.92 Å². The van der Waals surface area contributed by atoms with Crippen LogP contribution in [0.3, 0.4) is 0 Å².